The number of allylic oxidation sites excluding steroid dienone is 12. The van der Waals surface area contributed by atoms with Crippen LogP contribution in [0, 0.1) is 73.7 Å². The van der Waals surface area contributed by atoms with Crippen molar-refractivity contribution in [2.45, 2.75) is 146 Å². The fourth-order valence-corrected chi connectivity index (χ4v) is 12.1. The molecule has 8 aromatic carbocycles. The van der Waals surface area contributed by atoms with E-state index in [1.54, 1.807) is 5.57 Å². The number of benzene rings is 8. The highest BCUT2D eigenvalue weighted by Gasteiger charge is 2.37. The minimum absolute atomic E-state index is 0.0888. The van der Waals surface area contributed by atoms with Crippen molar-refractivity contribution in [3.8, 4) is 34.6 Å². The van der Waals surface area contributed by atoms with Gasteiger partial charge in [-0.3, -0.25) is 0 Å². The number of hydrogen-bond donors (Lipinski definition) is 0. The van der Waals surface area contributed by atoms with E-state index >= 15 is 0 Å². The van der Waals surface area contributed by atoms with Gasteiger partial charge >= 0.3 is 0 Å². The zero-order chi connectivity index (χ0) is 59.0. The molecule has 8 aromatic rings. The Hall–Kier alpha value is -7.98. The second kappa shape index (κ2) is 28.8. The van der Waals surface area contributed by atoms with Crippen molar-refractivity contribution in [2.75, 3.05) is 0 Å². The van der Waals surface area contributed by atoms with Crippen molar-refractivity contribution < 1.29 is 0 Å². The van der Waals surface area contributed by atoms with E-state index < -0.39 is 0 Å². The van der Waals surface area contributed by atoms with E-state index in [1.165, 1.54) is 161 Å². The molecule has 0 aromatic heterocycles. The summed E-state index contributed by atoms with van der Waals surface area (Å²) in [4.78, 5) is 0. The first kappa shape index (κ1) is 61.1. The van der Waals surface area contributed by atoms with Crippen LogP contribution in [0.4, 0.5) is 0 Å². The largest absolute Gasteiger partial charge is 0.115 e. The van der Waals surface area contributed by atoms with Crippen LogP contribution in [0.25, 0.3) is 49.7 Å². The van der Waals surface area contributed by atoms with Crippen LogP contribution in [0.5, 0.6) is 0 Å². The SMILES string of the molecule is C#CC1=C(c2ccc(C)cc2C)C=CCCC1.C/C=C\C(=C(/CCC)C1CC1)c1ccc(C)cc1C.Cc1ccc(-c2ccccc2)cc1.Cc1ccc(C2=CCCC=C2)cc1.Cc1ccc2c(c1)C(C)(C)c1cc(C)c3ccccc3c1-2. The molecule has 0 aliphatic heterocycles. The second-order valence-electron chi connectivity index (χ2n) is 24.0. The normalized spacial score (nSPS) is 14.9. The molecule has 83 heavy (non-hydrogen) atoms. The maximum absolute atomic E-state index is 5.64. The highest BCUT2D eigenvalue weighted by molar-refractivity contribution is 6.04. The molecule has 0 nitrogen and oxygen atoms in total. The van der Waals surface area contributed by atoms with E-state index in [2.05, 4.69) is 289 Å². The summed E-state index contributed by atoms with van der Waals surface area (Å²) in [5.74, 6) is 3.72. The van der Waals surface area contributed by atoms with Gasteiger partial charge in [-0.1, -0.05) is 273 Å². The minimum atomic E-state index is 0.0888. The Balaban J connectivity index is 0.000000137. The van der Waals surface area contributed by atoms with Gasteiger partial charge < -0.3 is 0 Å². The monoisotopic (exact) mass is 1090 g/mol. The van der Waals surface area contributed by atoms with E-state index in [0.717, 1.165) is 30.8 Å². The van der Waals surface area contributed by atoms with E-state index in [1.807, 2.05) is 6.07 Å². The number of fused-ring (bicyclic) bond motifs is 5. The molecule has 422 valence electrons. The Bertz CT molecular complexity index is 3750. The predicted octanol–water partition coefficient (Wildman–Crippen LogP) is 23.4. The van der Waals surface area contributed by atoms with Crippen LogP contribution in [0.15, 0.2) is 217 Å². The Morgan fingerprint density at radius 2 is 1.13 bits per heavy atom. The summed E-state index contributed by atoms with van der Waals surface area (Å²) in [6.07, 6.45) is 32.3. The molecule has 0 heteroatoms. The average Bonchev–Trinajstić information content (AvgIpc) is 2.17. The third-order valence-corrected chi connectivity index (χ3v) is 16.8. The summed E-state index contributed by atoms with van der Waals surface area (Å²) in [5.41, 5.74) is 30.1. The Morgan fingerprint density at radius 1 is 0.554 bits per heavy atom. The Labute approximate surface area is 501 Å². The smallest absolute Gasteiger partial charge is 0.0159 e. The van der Waals surface area contributed by atoms with E-state index in [4.69, 9.17) is 6.42 Å². The molecule has 0 atom stereocenters. The van der Waals surface area contributed by atoms with Crippen LogP contribution in [-0.2, 0) is 5.41 Å². The van der Waals surface area contributed by atoms with E-state index in [-0.39, 0.29) is 5.41 Å². The zero-order valence-corrected chi connectivity index (χ0v) is 52.1. The average molecular weight is 1090 g/mol. The van der Waals surface area contributed by atoms with Crippen LogP contribution < -0.4 is 0 Å². The number of terminal acetylenes is 1. The lowest BCUT2D eigenvalue weighted by molar-refractivity contribution is 0.659. The molecule has 0 N–H and O–H groups in total. The highest BCUT2D eigenvalue weighted by Crippen LogP contribution is 2.52. The van der Waals surface area contributed by atoms with Gasteiger partial charge in [0.05, 0.1) is 0 Å². The predicted molar refractivity (Wildman–Crippen MR) is 365 cm³/mol. The molecule has 0 radical (unpaired) electrons. The van der Waals surface area contributed by atoms with Crippen molar-refractivity contribution in [3.05, 3.63) is 290 Å². The summed E-state index contributed by atoms with van der Waals surface area (Å²) in [6, 6.07) is 59.2. The van der Waals surface area contributed by atoms with Gasteiger partial charge in [-0.05, 0) is 214 Å². The van der Waals surface area contributed by atoms with Crippen molar-refractivity contribution in [1.82, 2.24) is 0 Å². The molecule has 1 saturated carbocycles. The first-order valence-electron chi connectivity index (χ1n) is 30.7. The van der Waals surface area contributed by atoms with Crippen LogP contribution in [-0.4, -0.2) is 0 Å². The van der Waals surface area contributed by atoms with E-state index in [0.29, 0.717) is 0 Å². The molecule has 0 heterocycles. The van der Waals surface area contributed by atoms with Crippen molar-refractivity contribution >= 4 is 27.5 Å². The lowest BCUT2D eigenvalue weighted by Crippen LogP contribution is -2.15. The van der Waals surface area contributed by atoms with Crippen LogP contribution in [0.2, 0.25) is 0 Å². The fourth-order valence-electron chi connectivity index (χ4n) is 12.1. The first-order chi connectivity index (χ1) is 40.1. The van der Waals surface area contributed by atoms with Gasteiger partial charge in [-0.25, -0.2) is 0 Å². The molecule has 0 unspecified atom stereocenters. The maximum atomic E-state index is 5.64. The second-order valence-corrected chi connectivity index (χ2v) is 24.0. The first-order valence-corrected chi connectivity index (χ1v) is 30.7. The summed E-state index contributed by atoms with van der Waals surface area (Å²) in [6.45, 7) is 26.4. The van der Waals surface area contributed by atoms with Gasteiger partial charge in [-0.2, -0.15) is 0 Å². The standard InChI is InChI=1S/C21H20.C19H26.C17H18.C13H14.C13H12/c1-13-9-10-17-18(11-13)21(3,4)19-12-14(2)15-7-5-6-8-16(15)20(17)19;1-5-7-18(16-10-11-16)19(8-6-2)17-12-9-14(3)13-15(17)4;1-4-15-8-6-5-7-9-17(15)16-11-10-13(2)12-14(16)3;2*1-11-7-9-13(10-8-11)12-5-3-2-4-6-12/h5-12H,1-4H3;6,8-9,12-13,16H,5,7,10-11H2,1-4H3;1,7,9-12H,5-6,8H2,2-3H3;3,5-10H,2,4H2,1H3;2-10H,1H3/b;8-6-,19-18-;;;. The highest BCUT2D eigenvalue weighted by atomic mass is 14.4. The quantitative estimate of drug-likeness (QED) is 0.105. The summed E-state index contributed by atoms with van der Waals surface area (Å²) in [5, 5.41) is 2.77. The molecule has 0 spiro atoms. The summed E-state index contributed by atoms with van der Waals surface area (Å²) >= 11 is 0. The number of aryl methyl sites for hydroxylation is 8. The van der Waals surface area contributed by atoms with Gasteiger partial charge in [-0.15, -0.1) is 6.42 Å². The zero-order valence-electron chi connectivity index (χ0n) is 52.1. The molecule has 0 bridgehead atoms. The Morgan fingerprint density at radius 3 is 1.73 bits per heavy atom. The van der Waals surface area contributed by atoms with Gasteiger partial charge in [0.15, 0.2) is 0 Å². The van der Waals surface area contributed by atoms with Crippen molar-refractivity contribution in [2.24, 2.45) is 5.92 Å². The maximum Gasteiger partial charge on any atom is 0.0159 e. The Kier molecular flexibility index (Phi) is 21.2. The van der Waals surface area contributed by atoms with Crippen LogP contribution >= 0.6 is 0 Å². The van der Waals surface area contributed by atoms with Crippen LogP contribution in [0.3, 0.4) is 0 Å². The molecule has 12 rings (SSSR count). The third-order valence-electron chi connectivity index (χ3n) is 16.8. The molecule has 1 fully saturated rings. The van der Waals surface area contributed by atoms with Gasteiger partial charge in [0, 0.05) is 11.0 Å². The topological polar surface area (TPSA) is 0 Å². The van der Waals surface area contributed by atoms with Gasteiger partial charge in [0.25, 0.3) is 0 Å². The van der Waals surface area contributed by atoms with Crippen molar-refractivity contribution in [3.63, 3.8) is 0 Å². The van der Waals surface area contributed by atoms with Gasteiger partial charge in [0.2, 0.25) is 0 Å². The lowest BCUT2D eigenvalue weighted by atomic mass is 9.81. The number of hydrogen-bond acceptors (Lipinski definition) is 0. The molecule has 0 saturated heterocycles. The minimum Gasteiger partial charge on any atom is -0.115 e. The van der Waals surface area contributed by atoms with Crippen molar-refractivity contribution in [1.29, 1.82) is 0 Å². The molecule has 0 amide bonds. The molecule has 4 aliphatic carbocycles. The summed E-state index contributed by atoms with van der Waals surface area (Å²) < 4.78 is 0. The lowest BCUT2D eigenvalue weighted by Gasteiger charge is -2.22. The fraction of sp³-hybridized carbons (Fsp3) is 0.277. The molecular formula is C83H90. The van der Waals surface area contributed by atoms with Crippen LogP contribution in [0.1, 0.15) is 158 Å². The third kappa shape index (κ3) is 15.6. The summed E-state index contributed by atoms with van der Waals surface area (Å²) in [7, 11) is 0. The molecular weight excluding hydrogens is 997 g/mol. The molecule has 4 aliphatic rings. The van der Waals surface area contributed by atoms with E-state index in [9.17, 15) is 0 Å². The van der Waals surface area contributed by atoms with Gasteiger partial charge in [0.1, 0.15) is 0 Å². The number of rotatable bonds is 8.